The molecule has 0 aliphatic carbocycles. The van der Waals surface area contributed by atoms with E-state index in [1.165, 1.54) is 0 Å². The first-order valence-corrected chi connectivity index (χ1v) is 7.49. The number of hydrogen-bond donors (Lipinski definition) is 1. The van der Waals surface area contributed by atoms with Crippen LogP contribution in [-0.2, 0) is 6.54 Å². The first kappa shape index (κ1) is 15.1. The van der Waals surface area contributed by atoms with Gasteiger partial charge in [0.25, 0.3) is 0 Å². The lowest BCUT2D eigenvalue weighted by atomic mass is 10.2. The number of likely N-dealkylation sites (N-methyl/N-ethyl adjacent to an activating group) is 1. The fourth-order valence-corrected chi connectivity index (χ4v) is 2.36. The molecule has 0 unspecified atom stereocenters. The molecule has 1 aromatic heterocycles. The third kappa shape index (κ3) is 3.91. The lowest BCUT2D eigenvalue weighted by Gasteiger charge is -2.29. The van der Waals surface area contributed by atoms with E-state index in [0.29, 0.717) is 25.4 Å². The number of pyridine rings is 1. The molecule has 2 aromatic rings. The lowest BCUT2D eigenvalue weighted by molar-refractivity contribution is 0.0715. The van der Waals surface area contributed by atoms with E-state index in [9.17, 15) is 4.79 Å². The Kier molecular flexibility index (Phi) is 4.61. The fraction of sp³-hybridized carbons (Fsp3) is 0.294. The van der Waals surface area contributed by atoms with E-state index in [2.05, 4.69) is 10.3 Å². The number of carbonyl (C=O) groups is 1. The molecule has 2 heterocycles. The predicted octanol–water partition coefficient (Wildman–Crippen LogP) is 2.06. The highest BCUT2D eigenvalue weighted by Crippen LogP contribution is 2.30. The normalized spacial score (nSPS) is 15.8. The molecule has 120 valence electrons. The van der Waals surface area contributed by atoms with Crippen LogP contribution in [0, 0.1) is 0 Å². The molecule has 0 spiro atoms. The van der Waals surface area contributed by atoms with Crippen LogP contribution in [0.1, 0.15) is 5.56 Å². The SMILES string of the molecule is CN(C[C@H]1COc2ccccc2O1)C(=O)NCc1cccnc1. The van der Waals surface area contributed by atoms with E-state index in [1.807, 2.05) is 36.4 Å². The molecule has 1 aliphatic rings. The van der Waals surface area contributed by atoms with Crippen molar-refractivity contribution < 1.29 is 14.3 Å². The smallest absolute Gasteiger partial charge is 0.317 e. The molecule has 1 N–H and O–H groups in total. The summed E-state index contributed by atoms with van der Waals surface area (Å²) in [7, 11) is 1.74. The van der Waals surface area contributed by atoms with Crippen LogP contribution in [-0.4, -0.2) is 42.2 Å². The maximum atomic E-state index is 12.1. The number of para-hydroxylation sites is 2. The first-order valence-electron chi connectivity index (χ1n) is 7.49. The Hall–Kier alpha value is -2.76. The monoisotopic (exact) mass is 313 g/mol. The summed E-state index contributed by atoms with van der Waals surface area (Å²) in [6.45, 7) is 1.33. The van der Waals surface area contributed by atoms with Crippen molar-refractivity contribution in [2.75, 3.05) is 20.2 Å². The van der Waals surface area contributed by atoms with Crippen molar-refractivity contribution in [1.82, 2.24) is 15.2 Å². The Morgan fingerprint density at radius 2 is 2.13 bits per heavy atom. The van der Waals surface area contributed by atoms with Crippen molar-refractivity contribution in [1.29, 1.82) is 0 Å². The van der Waals surface area contributed by atoms with Gasteiger partial charge in [0.05, 0.1) is 6.54 Å². The van der Waals surface area contributed by atoms with Gasteiger partial charge in [0, 0.05) is 26.0 Å². The molecule has 1 aromatic carbocycles. The molecule has 0 saturated heterocycles. The van der Waals surface area contributed by atoms with Crippen LogP contribution < -0.4 is 14.8 Å². The van der Waals surface area contributed by atoms with Crippen LogP contribution >= 0.6 is 0 Å². The van der Waals surface area contributed by atoms with Gasteiger partial charge in [-0.3, -0.25) is 4.98 Å². The zero-order valence-electron chi connectivity index (χ0n) is 12.9. The summed E-state index contributed by atoms with van der Waals surface area (Å²) < 4.78 is 11.5. The highest BCUT2D eigenvalue weighted by Gasteiger charge is 2.23. The summed E-state index contributed by atoms with van der Waals surface area (Å²) >= 11 is 0. The van der Waals surface area contributed by atoms with Gasteiger partial charge >= 0.3 is 6.03 Å². The topological polar surface area (TPSA) is 63.7 Å². The van der Waals surface area contributed by atoms with Gasteiger partial charge in [-0.1, -0.05) is 18.2 Å². The number of rotatable bonds is 4. The largest absolute Gasteiger partial charge is 0.486 e. The van der Waals surface area contributed by atoms with Gasteiger partial charge in [0.15, 0.2) is 17.6 Å². The summed E-state index contributed by atoms with van der Waals surface area (Å²) in [5, 5.41) is 2.86. The van der Waals surface area contributed by atoms with E-state index in [4.69, 9.17) is 9.47 Å². The third-order valence-electron chi connectivity index (χ3n) is 3.56. The van der Waals surface area contributed by atoms with Gasteiger partial charge in [0.2, 0.25) is 0 Å². The predicted molar refractivity (Wildman–Crippen MR) is 85.5 cm³/mol. The van der Waals surface area contributed by atoms with Gasteiger partial charge in [-0.2, -0.15) is 0 Å². The number of benzene rings is 1. The number of hydrogen-bond acceptors (Lipinski definition) is 4. The zero-order chi connectivity index (χ0) is 16.1. The van der Waals surface area contributed by atoms with Gasteiger partial charge in [0.1, 0.15) is 6.61 Å². The second kappa shape index (κ2) is 7.00. The summed E-state index contributed by atoms with van der Waals surface area (Å²) in [5.41, 5.74) is 0.959. The van der Waals surface area contributed by atoms with Crippen molar-refractivity contribution in [3.63, 3.8) is 0 Å². The van der Waals surface area contributed by atoms with E-state index in [-0.39, 0.29) is 12.1 Å². The van der Waals surface area contributed by atoms with Crippen LogP contribution in [0.15, 0.2) is 48.8 Å². The van der Waals surface area contributed by atoms with Crippen molar-refractivity contribution in [3.05, 3.63) is 54.4 Å². The van der Waals surface area contributed by atoms with Crippen LogP contribution in [0.4, 0.5) is 4.79 Å². The number of nitrogens with one attached hydrogen (secondary N) is 1. The van der Waals surface area contributed by atoms with Crippen LogP contribution in [0.5, 0.6) is 11.5 Å². The second-order valence-corrected chi connectivity index (χ2v) is 5.40. The fourth-order valence-electron chi connectivity index (χ4n) is 2.36. The number of carbonyl (C=O) groups excluding carboxylic acids is 1. The van der Waals surface area contributed by atoms with Gasteiger partial charge in [-0.25, -0.2) is 4.79 Å². The molecule has 23 heavy (non-hydrogen) atoms. The Morgan fingerprint density at radius 1 is 1.30 bits per heavy atom. The van der Waals surface area contributed by atoms with E-state index in [0.717, 1.165) is 11.3 Å². The number of amides is 2. The summed E-state index contributed by atoms with van der Waals surface area (Å²) in [4.78, 5) is 17.8. The number of aromatic nitrogens is 1. The van der Waals surface area contributed by atoms with Gasteiger partial charge in [-0.15, -0.1) is 0 Å². The standard InChI is InChI=1S/C17H19N3O3/c1-20(17(21)19-10-13-5-4-8-18-9-13)11-14-12-22-15-6-2-3-7-16(15)23-14/h2-9,14H,10-12H2,1H3,(H,19,21)/t14-/m0/s1. The molecule has 1 atom stereocenters. The molecule has 0 fully saturated rings. The summed E-state index contributed by atoms with van der Waals surface area (Å²) in [6, 6.07) is 11.1. The maximum Gasteiger partial charge on any atom is 0.317 e. The third-order valence-corrected chi connectivity index (χ3v) is 3.56. The highest BCUT2D eigenvalue weighted by molar-refractivity contribution is 5.73. The lowest BCUT2D eigenvalue weighted by Crippen LogP contribution is -2.45. The molecule has 6 heteroatoms. The minimum Gasteiger partial charge on any atom is -0.486 e. The molecule has 0 bridgehead atoms. The number of urea groups is 1. The van der Waals surface area contributed by atoms with Crippen LogP contribution in [0.2, 0.25) is 0 Å². The molecular weight excluding hydrogens is 294 g/mol. The van der Waals surface area contributed by atoms with E-state index < -0.39 is 0 Å². The molecule has 0 radical (unpaired) electrons. The number of ether oxygens (including phenoxy) is 2. The van der Waals surface area contributed by atoms with Crippen LogP contribution in [0.25, 0.3) is 0 Å². The average Bonchev–Trinajstić information content (AvgIpc) is 2.60. The highest BCUT2D eigenvalue weighted by atomic mass is 16.6. The Labute approximate surface area is 135 Å². The zero-order valence-corrected chi connectivity index (χ0v) is 12.9. The van der Waals surface area contributed by atoms with Crippen molar-refractivity contribution in [3.8, 4) is 11.5 Å². The maximum absolute atomic E-state index is 12.1. The van der Waals surface area contributed by atoms with E-state index >= 15 is 0 Å². The average molecular weight is 313 g/mol. The molecule has 0 saturated carbocycles. The van der Waals surface area contributed by atoms with Gasteiger partial charge in [-0.05, 0) is 23.8 Å². The molecule has 6 nitrogen and oxygen atoms in total. The van der Waals surface area contributed by atoms with Crippen molar-refractivity contribution in [2.45, 2.75) is 12.6 Å². The number of nitrogens with zero attached hydrogens (tertiary/aromatic N) is 2. The first-order chi connectivity index (χ1) is 11.2. The minimum absolute atomic E-state index is 0.156. The molecule has 1 aliphatic heterocycles. The molecule has 2 amide bonds. The van der Waals surface area contributed by atoms with Crippen molar-refractivity contribution >= 4 is 6.03 Å². The summed E-state index contributed by atoms with van der Waals surface area (Å²) in [6.07, 6.45) is 3.25. The quantitative estimate of drug-likeness (QED) is 0.938. The Balaban J connectivity index is 1.49. The van der Waals surface area contributed by atoms with Crippen LogP contribution in [0.3, 0.4) is 0 Å². The second-order valence-electron chi connectivity index (χ2n) is 5.40. The van der Waals surface area contributed by atoms with Crippen molar-refractivity contribution in [2.24, 2.45) is 0 Å². The van der Waals surface area contributed by atoms with E-state index in [1.54, 1.807) is 24.3 Å². The Bertz CT molecular complexity index is 663. The molecule has 3 rings (SSSR count). The summed E-state index contributed by atoms with van der Waals surface area (Å²) in [5.74, 6) is 1.46. The number of fused-ring (bicyclic) bond motifs is 1. The van der Waals surface area contributed by atoms with Gasteiger partial charge < -0.3 is 19.7 Å². The molecular formula is C17H19N3O3. The minimum atomic E-state index is -0.181. The Morgan fingerprint density at radius 3 is 2.91 bits per heavy atom.